The summed E-state index contributed by atoms with van der Waals surface area (Å²) >= 11 is 0. The summed E-state index contributed by atoms with van der Waals surface area (Å²) in [7, 11) is 1.81. The maximum absolute atomic E-state index is 11.8. The Hall–Kier alpha value is -1.55. The van der Waals surface area contributed by atoms with Crippen molar-refractivity contribution in [2.24, 2.45) is 5.92 Å². The van der Waals surface area contributed by atoms with E-state index in [4.69, 9.17) is 0 Å². The second-order valence-corrected chi connectivity index (χ2v) is 4.35. The Labute approximate surface area is 102 Å². The van der Waals surface area contributed by atoms with Gasteiger partial charge < -0.3 is 15.7 Å². The van der Waals surface area contributed by atoms with Crippen molar-refractivity contribution in [3.63, 3.8) is 0 Å². The van der Waals surface area contributed by atoms with Crippen LogP contribution in [0.15, 0.2) is 12.1 Å². The lowest BCUT2D eigenvalue weighted by Gasteiger charge is -2.14. The van der Waals surface area contributed by atoms with E-state index >= 15 is 0 Å². The quantitative estimate of drug-likeness (QED) is 0.747. The van der Waals surface area contributed by atoms with Crippen LogP contribution in [0.25, 0.3) is 0 Å². The van der Waals surface area contributed by atoms with Crippen LogP contribution in [0.2, 0.25) is 0 Å². The summed E-state index contributed by atoms with van der Waals surface area (Å²) in [5, 5.41) is 15.6. The van der Waals surface area contributed by atoms with Gasteiger partial charge in [0.05, 0.1) is 0 Å². The van der Waals surface area contributed by atoms with E-state index in [0.717, 1.165) is 5.56 Å². The molecule has 0 aliphatic rings. The predicted molar refractivity (Wildman–Crippen MR) is 69.3 cm³/mol. The Bertz CT molecular complexity index is 416. The van der Waals surface area contributed by atoms with E-state index in [2.05, 4.69) is 10.6 Å². The van der Waals surface area contributed by atoms with Gasteiger partial charge in [0.15, 0.2) is 0 Å². The van der Waals surface area contributed by atoms with E-state index in [-0.39, 0.29) is 17.6 Å². The smallest absolute Gasteiger partial charge is 0.228 e. The minimum atomic E-state index is -0.108. The standard InChI is InChI=1S/C13H20N2O2/c1-8-5-6-11(10(3)12(8)16)15-13(17)9(2)7-14-4/h5-6,9,14,16H,7H2,1-4H3,(H,15,17). The molecule has 1 aromatic rings. The molecule has 4 heteroatoms. The largest absolute Gasteiger partial charge is 0.507 e. The van der Waals surface area contributed by atoms with Gasteiger partial charge in [0.25, 0.3) is 0 Å². The Morgan fingerprint density at radius 1 is 1.41 bits per heavy atom. The minimum absolute atomic E-state index is 0.0503. The number of aryl methyl sites for hydroxylation is 1. The monoisotopic (exact) mass is 236 g/mol. The number of phenols is 1. The third kappa shape index (κ3) is 3.20. The van der Waals surface area contributed by atoms with Gasteiger partial charge in [-0.3, -0.25) is 4.79 Å². The fourth-order valence-electron chi connectivity index (χ4n) is 1.63. The molecule has 1 atom stereocenters. The van der Waals surface area contributed by atoms with E-state index in [0.29, 0.717) is 17.8 Å². The molecular formula is C13H20N2O2. The summed E-state index contributed by atoms with van der Waals surface area (Å²) in [5.41, 5.74) is 2.18. The van der Waals surface area contributed by atoms with Gasteiger partial charge in [-0.25, -0.2) is 0 Å². The lowest BCUT2D eigenvalue weighted by atomic mass is 10.1. The Kier molecular flexibility index (Phi) is 4.52. The average Bonchev–Trinajstić information content (AvgIpc) is 2.30. The van der Waals surface area contributed by atoms with Crippen molar-refractivity contribution >= 4 is 11.6 Å². The molecule has 0 saturated carbocycles. The molecule has 0 aliphatic heterocycles. The maximum Gasteiger partial charge on any atom is 0.228 e. The molecule has 0 aromatic heterocycles. The zero-order valence-corrected chi connectivity index (χ0v) is 10.8. The van der Waals surface area contributed by atoms with Crippen molar-refractivity contribution in [1.82, 2.24) is 5.32 Å². The summed E-state index contributed by atoms with van der Waals surface area (Å²) in [6.45, 7) is 6.11. The number of amides is 1. The van der Waals surface area contributed by atoms with Gasteiger partial charge in [0, 0.05) is 23.7 Å². The third-order valence-electron chi connectivity index (χ3n) is 2.85. The molecule has 0 bridgehead atoms. The summed E-state index contributed by atoms with van der Waals surface area (Å²) in [4.78, 5) is 11.8. The molecule has 4 nitrogen and oxygen atoms in total. The predicted octanol–water partition coefficient (Wildman–Crippen LogP) is 1.80. The highest BCUT2D eigenvalue weighted by atomic mass is 16.3. The number of hydrogen-bond donors (Lipinski definition) is 3. The molecule has 0 aliphatic carbocycles. The highest BCUT2D eigenvalue weighted by molar-refractivity contribution is 5.93. The van der Waals surface area contributed by atoms with Gasteiger partial charge in [0.1, 0.15) is 5.75 Å². The first-order valence-corrected chi connectivity index (χ1v) is 5.72. The molecule has 0 heterocycles. The highest BCUT2D eigenvalue weighted by Gasteiger charge is 2.14. The molecule has 94 valence electrons. The number of rotatable bonds is 4. The molecule has 17 heavy (non-hydrogen) atoms. The fraction of sp³-hybridized carbons (Fsp3) is 0.462. The van der Waals surface area contributed by atoms with Gasteiger partial charge in [-0.2, -0.15) is 0 Å². The summed E-state index contributed by atoms with van der Waals surface area (Å²) in [6.07, 6.45) is 0. The molecule has 0 radical (unpaired) electrons. The second-order valence-electron chi connectivity index (χ2n) is 4.35. The van der Waals surface area contributed by atoms with Crippen LogP contribution in [-0.2, 0) is 4.79 Å². The zero-order chi connectivity index (χ0) is 13.0. The van der Waals surface area contributed by atoms with Gasteiger partial charge in [-0.05, 0) is 32.5 Å². The van der Waals surface area contributed by atoms with E-state index in [1.807, 2.05) is 27.0 Å². The summed E-state index contributed by atoms with van der Waals surface area (Å²) in [6, 6.07) is 3.61. The van der Waals surface area contributed by atoms with Crippen molar-refractivity contribution in [2.75, 3.05) is 18.9 Å². The van der Waals surface area contributed by atoms with E-state index < -0.39 is 0 Å². The second kappa shape index (κ2) is 5.68. The van der Waals surface area contributed by atoms with Gasteiger partial charge in [-0.15, -0.1) is 0 Å². The van der Waals surface area contributed by atoms with Crippen LogP contribution in [0.4, 0.5) is 5.69 Å². The van der Waals surface area contributed by atoms with Crippen molar-refractivity contribution in [1.29, 1.82) is 0 Å². The van der Waals surface area contributed by atoms with E-state index in [9.17, 15) is 9.90 Å². The number of carbonyl (C=O) groups excluding carboxylic acids is 1. The van der Waals surface area contributed by atoms with Gasteiger partial charge >= 0.3 is 0 Å². The molecule has 3 N–H and O–H groups in total. The van der Waals surface area contributed by atoms with Crippen LogP contribution in [0.3, 0.4) is 0 Å². The normalized spacial score (nSPS) is 12.2. The highest BCUT2D eigenvalue weighted by Crippen LogP contribution is 2.28. The van der Waals surface area contributed by atoms with Crippen LogP contribution >= 0.6 is 0 Å². The first-order chi connectivity index (χ1) is 7.97. The first kappa shape index (κ1) is 13.5. The number of nitrogens with one attached hydrogen (secondary N) is 2. The molecule has 0 spiro atoms. The number of benzene rings is 1. The van der Waals surface area contributed by atoms with Crippen molar-refractivity contribution in [3.8, 4) is 5.75 Å². The number of phenolic OH excluding ortho intramolecular Hbond substituents is 1. The zero-order valence-electron chi connectivity index (χ0n) is 10.8. The molecule has 0 saturated heterocycles. The number of aromatic hydroxyl groups is 1. The van der Waals surface area contributed by atoms with Crippen molar-refractivity contribution in [2.45, 2.75) is 20.8 Å². The molecule has 0 fully saturated rings. The SMILES string of the molecule is CNCC(C)C(=O)Nc1ccc(C)c(O)c1C. The van der Waals surface area contributed by atoms with E-state index in [1.165, 1.54) is 0 Å². The molecule has 1 aromatic carbocycles. The van der Waals surface area contributed by atoms with Crippen LogP contribution in [0.5, 0.6) is 5.75 Å². The number of carbonyl (C=O) groups is 1. The van der Waals surface area contributed by atoms with Crippen LogP contribution < -0.4 is 10.6 Å². The molecule has 1 rings (SSSR count). The molecule has 1 unspecified atom stereocenters. The number of anilines is 1. The van der Waals surface area contributed by atoms with E-state index in [1.54, 1.807) is 13.0 Å². The van der Waals surface area contributed by atoms with Crippen molar-refractivity contribution in [3.05, 3.63) is 23.3 Å². The van der Waals surface area contributed by atoms with Crippen molar-refractivity contribution < 1.29 is 9.90 Å². The van der Waals surface area contributed by atoms with Crippen LogP contribution in [0, 0.1) is 19.8 Å². The minimum Gasteiger partial charge on any atom is -0.507 e. The number of hydrogen-bond acceptors (Lipinski definition) is 3. The Balaban J connectivity index is 2.82. The summed E-state index contributed by atoms with van der Waals surface area (Å²) < 4.78 is 0. The molecular weight excluding hydrogens is 216 g/mol. The van der Waals surface area contributed by atoms with Crippen LogP contribution in [0.1, 0.15) is 18.1 Å². The fourth-order valence-corrected chi connectivity index (χ4v) is 1.63. The Morgan fingerprint density at radius 2 is 2.06 bits per heavy atom. The molecule has 1 amide bonds. The Morgan fingerprint density at radius 3 is 2.65 bits per heavy atom. The topological polar surface area (TPSA) is 61.4 Å². The van der Waals surface area contributed by atoms with Crippen LogP contribution in [-0.4, -0.2) is 24.6 Å². The maximum atomic E-state index is 11.8. The first-order valence-electron chi connectivity index (χ1n) is 5.72. The average molecular weight is 236 g/mol. The third-order valence-corrected chi connectivity index (χ3v) is 2.85. The summed E-state index contributed by atoms with van der Waals surface area (Å²) in [5.74, 6) is 0.0811. The van der Waals surface area contributed by atoms with Gasteiger partial charge in [0.2, 0.25) is 5.91 Å². The van der Waals surface area contributed by atoms with Gasteiger partial charge in [-0.1, -0.05) is 13.0 Å². The lowest BCUT2D eigenvalue weighted by molar-refractivity contribution is -0.119. The lowest BCUT2D eigenvalue weighted by Crippen LogP contribution is -2.28.